The summed E-state index contributed by atoms with van der Waals surface area (Å²) in [6.07, 6.45) is 4.38. The number of rotatable bonds is 20. The summed E-state index contributed by atoms with van der Waals surface area (Å²) in [5.41, 5.74) is 0.984. The van der Waals surface area contributed by atoms with Crippen molar-refractivity contribution in [1.29, 1.82) is 0 Å². The second-order valence-electron chi connectivity index (χ2n) is 10.3. The van der Waals surface area contributed by atoms with Gasteiger partial charge >= 0.3 is 11.9 Å². The third-order valence-corrected chi connectivity index (χ3v) is 7.13. The Hall–Kier alpha value is -3.51. The van der Waals surface area contributed by atoms with Crippen molar-refractivity contribution in [3.05, 3.63) is 35.9 Å². The standard InChI is InChI=1S/C29H45N5O7/c1-30-17-7-13-25(35)32-19-16-26(36)31-18-6-5-11-22(27(37)34-20-8-12-24(34)29(40)41)33-23(28(38)39)15-14-21-9-3-2-4-10-21/h2-4,9-10,22-24,30,33H,5-8,11-20H2,1H3,(H,31,36)(H,32,35)(H,38,39)(H,40,41)/t22?,23?,24-/m1/s1. The van der Waals surface area contributed by atoms with Crippen LogP contribution in [-0.4, -0.2) is 96.1 Å². The quantitative estimate of drug-likeness (QED) is 0.123. The average molecular weight is 576 g/mol. The Kier molecular flexibility index (Phi) is 15.4. The molecule has 2 unspecified atom stereocenters. The third-order valence-electron chi connectivity index (χ3n) is 7.13. The average Bonchev–Trinajstić information content (AvgIpc) is 3.45. The molecule has 0 spiro atoms. The van der Waals surface area contributed by atoms with Crippen LogP contribution in [0.4, 0.5) is 0 Å². The number of unbranched alkanes of at least 4 members (excludes halogenated alkanes) is 1. The molecule has 0 aliphatic carbocycles. The van der Waals surface area contributed by atoms with E-state index in [9.17, 15) is 34.2 Å². The highest BCUT2D eigenvalue weighted by atomic mass is 16.4. The minimum Gasteiger partial charge on any atom is -0.480 e. The molecule has 2 rings (SSSR count). The fraction of sp³-hybridized carbons (Fsp3) is 0.621. The van der Waals surface area contributed by atoms with Gasteiger partial charge in [0.2, 0.25) is 17.7 Å². The molecule has 41 heavy (non-hydrogen) atoms. The number of amides is 3. The first-order valence-corrected chi connectivity index (χ1v) is 14.5. The number of nitrogens with zero attached hydrogens (tertiary/aromatic N) is 1. The topological polar surface area (TPSA) is 177 Å². The van der Waals surface area contributed by atoms with Crippen molar-refractivity contribution < 1.29 is 34.2 Å². The molecule has 0 saturated carbocycles. The minimum absolute atomic E-state index is 0.0946. The van der Waals surface area contributed by atoms with Gasteiger partial charge in [0.1, 0.15) is 12.1 Å². The van der Waals surface area contributed by atoms with Crippen LogP contribution in [0.15, 0.2) is 30.3 Å². The maximum absolute atomic E-state index is 13.4. The van der Waals surface area contributed by atoms with Gasteiger partial charge < -0.3 is 31.1 Å². The van der Waals surface area contributed by atoms with Crippen molar-refractivity contribution in [1.82, 2.24) is 26.2 Å². The maximum Gasteiger partial charge on any atom is 0.326 e. The van der Waals surface area contributed by atoms with E-state index in [1.165, 1.54) is 4.90 Å². The minimum atomic E-state index is -1.07. The highest BCUT2D eigenvalue weighted by Gasteiger charge is 2.38. The summed E-state index contributed by atoms with van der Waals surface area (Å²) in [4.78, 5) is 62.3. The Morgan fingerprint density at radius 3 is 2.27 bits per heavy atom. The number of benzene rings is 1. The Labute approximate surface area is 241 Å². The van der Waals surface area contributed by atoms with Crippen molar-refractivity contribution in [2.24, 2.45) is 0 Å². The van der Waals surface area contributed by atoms with E-state index in [1.807, 2.05) is 37.4 Å². The first-order valence-electron chi connectivity index (χ1n) is 14.5. The van der Waals surface area contributed by atoms with Crippen molar-refractivity contribution in [2.75, 3.05) is 33.2 Å². The van der Waals surface area contributed by atoms with Gasteiger partial charge in [-0.25, -0.2) is 4.79 Å². The Morgan fingerprint density at radius 2 is 1.59 bits per heavy atom. The van der Waals surface area contributed by atoms with Crippen molar-refractivity contribution >= 4 is 29.7 Å². The van der Waals surface area contributed by atoms with Crippen LogP contribution >= 0.6 is 0 Å². The molecule has 1 fully saturated rings. The van der Waals surface area contributed by atoms with Gasteiger partial charge in [0.15, 0.2) is 0 Å². The smallest absolute Gasteiger partial charge is 0.326 e. The van der Waals surface area contributed by atoms with E-state index in [0.29, 0.717) is 58.0 Å². The number of hydrogen-bond donors (Lipinski definition) is 6. The fourth-order valence-corrected chi connectivity index (χ4v) is 4.86. The van der Waals surface area contributed by atoms with E-state index in [2.05, 4.69) is 21.3 Å². The molecule has 1 aliphatic rings. The SMILES string of the molecule is CNCCCC(=O)NCCC(=O)NCCCCC(NC(CCc1ccccc1)C(=O)O)C(=O)N1CCC[C@@H]1C(=O)O. The molecule has 12 heteroatoms. The predicted molar refractivity (Wildman–Crippen MR) is 153 cm³/mol. The summed E-state index contributed by atoms with van der Waals surface area (Å²) in [7, 11) is 1.82. The maximum atomic E-state index is 13.4. The van der Waals surface area contributed by atoms with Gasteiger partial charge in [-0.3, -0.25) is 24.5 Å². The lowest BCUT2D eigenvalue weighted by atomic mass is 10.0. The van der Waals surface area contributed by atoms with E-state index in [4.69, 9.17) is 0 Å². The summed E-state index contributed by atoms with van der Waals surface area (Å²) >= 11 is 0. The normalized spacial score (nSPS) is 16.1. The van der Waals surface area contributed by atoms with E-state index in [-0.39, 0.29) is 31.2 Å². The zero-order valence-electron chi connectivity index (χ0n) is 23.9. The molecular formula is C29H45N5O7. The highest BCUT2D eigenvalue weighted by molar-refractivity contribution is 5.88. The van der Waals surface area contributed by atoms with Crippen LogP contribution < -0.4 is 21.3 Å². The Morgan fingerprint density at radius 1 is 0.878 bits per heavy atom. The number of likely N-dealkylation sites (tertiary alicyclic amines) is 1. The van der Waals surface area contributed by atoms with E-state index in [1.54, 1.807) is 0 Å². The molecule has 12 nitrogen and oxygen atoms in total. The van der Waals surface area contributed by atoms with Crippen LogP contribution in [0.3, 0.4) is 0 Å². The number of carboxylic acid groups (broad SMARTS) is 2. The zero-order valence-corrected chi connectivity index (χ0v) is 23.9. The molecular weight excluding hydrogens is 530 g/mol. The zero-order chi connectivity index (χ0) is 30.0. The predicted octanol–water partition coefficient (Wildman–Crippen LogP) is 0.899. The molecule has 3 atom stereocenters. The van der Waals surface area contributed by atoms with Gasteiger partial charge in [0.05, 0.1) is 6.04 Å². The van der Waals surface area contributed by atoms with Crippen LogP contribution in [0.5, 0.6) is 0 Å². The largest absolute Gasteiger partial charge is 0.480 e. The van der Waals surface area contributed by atoms with Gasteiger partial charge in [-0.1, -0.05) is 30.3 Å². The van der Waals surface area contributed by atoms with E-state index >= 15 is 0 Å². The molecule has 1 aliphatic heterocycles. The number of carbonyl (C=O) groups excluding carboxylic acids is 3. The van der Waals surface area contributed by atoms with Crippen LogP contribution in [0.25, 0.3) is 0 Å². The molecule has 228 valence electrons. The lowest BCUT2D eigenvalue weighted by molar-refractivity contribution is -0.149. The molecule has 1 heterocycles. The summed E-state index contributed by atoms with van der Waals surface area (Å²) in [5.74, 6) is -2.83. The molecule has 3 amide bonds. The lowest BCUT2D eigenvalue weighted by Crippen LogP contribution is -2.54. The van der Waals surface area contributed by atoms with Crippen molar-refractivity contribution in [2.45, 2.75) is 82.3 Å². The highest BCUT2D eigenvalue weighted by Crippen LogP contribution is 2.20. The summed E-state index contributed by atoms with van der Waals surface area (Å²) in [6.45, 7) is 1.69. The summed E-state index contributed by atoms with van der Waals surface area (Å²) < 4.78 is 0. The van der Waals surface area contributed by atoms with Gasteiger partial charge in [-0.05, 0) is 70.5 Å². The first-order chi connectivity index (χ1) is 19.7. The number of carboxylic acids is 2. The molecule has 1 aromatic carbocycles. The van der Waals surface area contributed by atoms with Gasteiger partial charge in [0, 0.05) is 32.5 Å². The summed E-state index contributed by atoms with van der Waals surface area (Å²) in [6, 6.07) is 6.71. The number of carbonyl (C=O) groups is 5. The number of aliphatic carboxylic acids is 2. The molecule has 0 radical (unpaired) electrons. The molecule has 0 aromatic heterocycles. The number of aryl methyl sites for hydroxylation is 1. The Bertz CT molecular complexity index is 991. The van der Waals surface area contributed by atoms with Crippen molar-refractivity contribution in [3.63, 3.8) is 0 Å². The van der Waals surface area contributed by atoms with Gasteiger partial charge in [-0.2, -0.15) is 0 Å². The van der Waals surface area contributed by atoms with Crippen LogP contribution in [0.1, 0.15) is 63.4 Å². The second kappa shape index (κ2) is 18.8. The van der Waals surface area contributed by atoms with Crippen LogP contribution in [0.2, 0.25) is 0 Å². The van der Waals surface area contributed by atoms with Gasteiger partial charge in [-0.15, -0.1) is 0 Å². The molecule has 1 aromatic rings. The Balaban J connectivity index is 1.87. The monoisotopic (exact) mass is 575 g/mol. The lowest BCUT2D eigenvalue weighted by Gasteiger charge is -2.29. The summed E-state index contributed by atoms with van der Waals surface area (Å²) in [5, 5.41) is 30.9. The van der Waals surface area contributed by atoms with E-state index < -0.39 is 36.0 Å². The first kappa shape index (κ1) is 33.7. The van der Waals surface area contributed by atoms with Crippen molar-refractivity contribution in [3.8, 4) is 0 Å². The molecule has 0 bridgehead atoms. The molecule has 1 saturated heterocycles. The number of nitrogens with one attached hydrogen (secondary N) is 4. The van der Waals surface area contributed by atoms with E-state index in [0.717, 1.165) is 18.5 Å². The fourth-order valence-electron chi connectivity index (χ4n) is 4.86. The number of hydrogen-bond acceptors (Lipinski definition) is 7. The van der Waals surface area contributed by atoms with Crippen LogP contribution in [-0.2, 0) is 30.4 Å². The third kappa shape index (κ3) is 12.7. The molecule has 6 N–H and O–H groups in total. The second-order valence-corrected chi connectivity index (χ2v) is 10.3. The van der Waals surface area contributed by atoms with Crippen LogP contribution in [0, 0.1) is 0 Å². The van der Waals surface area contributed by atoms with Gasteiger partial charge in [0.25, 0.3) is 0 Å².